The number of unbranched alkanes of at least 4 members (excludes halogenated alkanes) is 2. The Labute approximate surface area is 743 Å². The van der Waals surface area contributed by atoms with Crippen molar-refractivity contribution in [1.82, 2.24) is 89.3 Å². The SMILES string of the molecule is CC[C@H](C)[C@H](NC(=O)[C@H](Cc1ccccc1)N(C)C(=O)[C@@H](NC(=O)[C@H](C)NC(=O)[C@H](CCSC)NC(=O)[C@H](CCC(N)=O)NC(=O)[C@@H](NC(=O)[C@H](C)NC(=O)[C@@H](N)[C@@H](C)O)C(C)C)C(C)C)C(=O)N[C@@H](Cc1cnc[nH]1)C(=O)N[C@@H](CC(N)=O)C(=O)N[C@@H](Cc1ccccc1)C(=O)N[C@@H](CCCCN)C(=O)N[C@@H](CCCNC(=N)N)C(=O)N[C@@H](CCCCN)C(=O)O. The van der Waals surface area contributed by atoms with Crippen LogP contribution >= 0.6 is 11.8 Å². The summed E-state index contributed by atoms with van der Waals surface area (Å²) in [6.45, 7) is 14.2. The molecule has 30 N–H and O–H groups in total. The van der Waals surface area contributed by atoms with Crippen molar-refractivity contribution in [2.24, 2.45) is 52.2 Å². The second kappa shape index (κ2) is 56.9. The molecule has 3 rings (SSSR count). The van der Waals surface area contributed by atoms with Crippen molar-refractivity contribution in [3.8, 4) is 0 Å². The second-order valence-corrected chi connectivity index (χ2v) is 33.0. The molecule has 1 heterocycles. The molecular formula is C83H134N24O19S. The number of H-pyrrole nitrogens is 1. The van der Waals surface area contributed by atoms with Crippen LogP contribution in [0.4, 0.5) is 0 Å². The minimum absolute atomic E-state index is 0.0156. The van der Waals surface area contributed by atoms with Crippen LogP contribution in [-0.2, 0) is 101 Å². The van der Waals surface area contributed by atoms with E-state index in [2.05, 4.69) is 84.4 Å². The van der Waals surface area contributed by atoms with Gasteiger partial charge in [0.2, 0.25) is 94.5 Å². The van der Waals surface area contributed by atoms with Gasteiger partial charge in [0, 0.05) is 51.2 Å². The minimum Gasteiger partial charge on any atom is -0.480 e. The summed E-state index contributed by atoms with van der Waals surface area (Å²) in [5, 5.41) is 63.6. The lowest BCUT2D eigenvalue weighted by Gasteiger charge is -2.34. The number of amides is 16. The molecule has 0 fully saturated rings. The van der Waals surface area contributed by atoms with E-state index in [1.54, 1.807) is 108 Å². The summed E-state index contributed by atoms with van der Waals surface area (Å²) in [6, 6.07) is -5.23. The first-order valence-corrected chi connectivity index (χ1v) is 43.8. The van der Waals surface area contributed by atoms with Crippen LogP contribution in [0.3, 0.4) is 0 Å². The molecule has 44 heteroatoms. The Kier molecular flexibility index (Phi) is 49.0. The molecule has 706 valence electrons. The molecule has 127 heavy (non-hydrogen) atoms. The molecule has 0 saturated heterocycles. The highest BCUT2D eigenvalue weighted by Gasteiger charge is 2.41. The smallest absolute Gasteiger partial charge is 0.326 e. The van der Waals surface area contributed by atoms with Gasteiger partial charge in [-0.3, -0.25) is 82.1 Å². The van der Waals surface area contributed by atoms with Gasteiger partial charge in [-0.15, -0.1) is 0 Å². The summed E-state index contributed by atoms with van der Waals surface area (Å²) < 4.78 is 0. The fraction of sp³-hybridized carbons (Fsp3) is 0.602. The van der Waals surface area contributed by atoms with E-state index in [4.69, 9.17) is 39.8 Å². The molecule has 0 bridgehead atoms. The van der Waals surface area contributed by atoms with Gasteiger partial charge in [0.15, 0.2) is 5.96 Å². The highest BCUT2D eigenvalue weighted by atomic mass is 32.2. The predicted octanol–water partition coefficient (Wildman–Crippen LogP) is -4.83. The number of carbonyl (C=O) groups excluding carboxylic acids is 16. The molecule has 0 spiro atoms. The molecule has 2 aromatic carbocycles. The van der Waals surface area contributed by atoms with Gasteiger partial charge in [0.25, 0.3) is 0 Å². The van der Waals surface area contributed by atoms with Crippen molar-refractivity contribution in [2.75, 3.05) is 38.7 Å². The van der Waals surface area contributed by atoms with Crippen LogP contribution in [0, 0.1) is 23.2 Å². The highest BCUT2D eigenvalue weighted by molar-refractivity contribution is 7.98. The van der Waals surface area contributed by atoms with E-state index >= 15 is 14.4 Å². The van der Waals surface area contributed by atoms with Crippen LogP contribution in [0.15, 0.2) is 73.2 Å². The number of carbonyl (C=O) groups is 17. The number of nitrogens with zero attached hydrogens (tertiary/aromatic N) is 2. The van der Waals surface area contributed by atoms with Crippen LogP contribution in [-0.4, -0.2) is 267 Å². The Balaban J connectivity index is 2.01. The summed E-state index contributed by atoms with van der Waals surface area (Å²) in [5.74, 6) is -18.3. The number of aliphatic hydroxyl groups is 1. The largest absolute Gasteiger partial charge is 0.480 e. The molecular weight excluding hydrogens is 1670 g/mol. The van der Waals surface area contributed by atoms with Gasteiger partial charge in [-0.05, 0) is 139 Å². The van der Waals surface area contributed by atoms with Gasteiger partial charge >= 0.3 is 5.97 Å². The lowest BCUT2D eigenvalue weighted by atomic mass is 9.95. The van der Waals surface area contributed by atoms with E-state index in [1.807, 2.05) is 0 Å². The molecule has 17 atom stereocenters. The Hall–Kier alpha value is -11.9. The number of guanidine groups is 1. The third-order valence-corrected chi connectivity index (χ3v) is 21.5. The number of hydrogen-bond donors (Lipinski definition) is 24. The lowest BCUT2D eigenvalue weighted by molar-refractivity contribution is -0.144. The van der Waals surface area contributed by atoms with Crippen molar-refractivity contribution in [2.45, 2.75) is 262 Å². The van der Waals surface area contributed by atoms with E-state index in [0.717, 1.165) is 4.90 Å². The van der Waals surface area contributed by atoms with Gasteiger partial charge in [0.05, 0.1) is 18.9 Å². The van der Waals surface area contributed by atoms with Crippen LogP contribution in [0.25, 0.3) is 0 Å². The van der Waals surface area contributed by atoms with Gasteiger partial charge in [0.1, 0.15) is 90.6 Å². The number of aliphatic hydroxyl groups excluding tert-OH is 1. The molecule has 1 aromatic heterocycles. The standard InChI is InChI=1S/C83H134N24O19S/c1-12-46(6)67(106-77(120)61(39-51-26-17-14-18-27-51)107(10)81(124)66(45(4)5)105-69(112)47(7)94-70(113)56(33-37-127-11)98-73(116)55(31-32-62(86)109)99-79(122)65(44(2)3)104-68(111)48(8)95-78(121)64(88)49(9)108)80(123)103-59(40-52-42-91-43-93-52)75(118)102-60(41-63(87)110)76(119)101-58(38-50-24-15-13-16-25-50)74(117)97-53(28-19-21-34-84)71(114)96-54(30-23-36-92-83(89)90)72(115)100-57(82(125)126)29-20-22-35-85/h13-18,24-27,42-49,53-61,64-67,108H,12,19-23,28-41,84-85,88H2,1-11H3,(H2,86,109)(H2,87,110)(H,91,93)(H,94,113)(H,95,121)(H,96,114)(H,97,117)(H,98,116)(H,99,122)(H,100,115)(H,101,119)(H,102,118)(H,103,123)(H,104,111)(H,105,112)(H,106,120)(H,125,126)(H4,89,90,92)/t46-,47-,48-,49+,53-,54-,55-,56-,57-,58-,59-,60-,61-,64-,65-,66-,67-/m0/s1. The summed E-state index contributed by atoms with van der Waals surface area (Å²) in [6.07, 6.45) is 2.25. The van der Waals surface area contributed by atoms with Crippen molar-refractivity contribution in [1.29, 1.82) is 5.41 Å². The molecule has 3 aromatic rings. The molecule has 0 radical (unpaired) electrons. The molecule has 16 amide bonds. The molecule has 0 unspecified atom stereocenters. The molecule has 0 aliphatic rings. The zero-order valence-corrected chi connectivity index (χ0v) is 75.0. The van der Waals surface area contributed by atoms with E-state index in [0.29, 0.717) is 30.4 Å². The van der Waals surface area contributed by atoms with E-state index in [-0.39, 0.29) is 108 Å². The lowest BCUT2D eigenvalue weighted by Crippen LogP contribution is -2.62. The number of aromatic amines is 1. The van der Waals surface area contributed by atoms with E-state index in [9.17, 15) is 77.3 Å². The molecule has 43 nitrogen and oxygen atoms in total. The molecule has 0 saturated carbocycles. The number of rotatable bonds is 60. The highest BCUT2D eigenvalue weighted by Crippen LogP contribution is 2.19. The number of benzene rings is 2. The quantitative estimate of drug-likeness (QED) is 0.0143. The first-order chi connectivity index (χ1) is 60.0. The summed E-state index contributed by atoms with van der Waals surface area (Å²) in [4.78, 5) is 246. The number of nitrogens with one attached hydrogen (secondary N) is 16. The first kappa shape index (κ1) is 109. The number of primary amides is 2. The van der Waals surface area contributed by atoms with E-state index in [1.165, 1.54) is 52.1 Å². The van der Waals surface area contributed by atoms with Gasteiger partial charge in [-0.2, -0.15) is 11.8 Å². The van der Waals surface area contributed by atoms with Gasteiger partial charge in [-0.1, -0.05) is 109 Å². The summed E-state index contributed by atoms with van der Waals surface area (Å²) in [5.41, 5.74) is 35.2. The molecule has 0 aliphatic carbocycles. The fourth-order valence-corrected chi connectivity index (χ4v) is 13.4. The number of hydrogen-bond acceptors (Lipinski definition) is 24. The monoisotopic (exact) mass is 1800 g/mol. The number of thioether (sulfide) groups is 1. The van der Waals surface area contributed by atoms with Crippen molar-refractivity contribution < 1.29 is 91.7 Å². The summed E-state index contributed by atoms with van der Waals surface area (Å²) in [7, 11) is 1.31. The van der Waals surface area contributed by atoms with Gasteiger partial charge < -0.3 is 129 Å². The van der Waals surface area contributed by atoms with Gasteiger partial charge in [-0.25, -0.2) is 9.78 Å². The second-order valence-electron chi connectivity index (χ2n) is 32.0. The normalized spacial score (nSPS) is 15.2. The van der Waals surface area contributed by atoms with Crippen molar-refractivity contribution in [3.05, 3.63) is 90.0 Å². The maximum Gasteiger partial charge on any atom is 0.326 e. The number of aliphatic carboxylic acids is 1. The van der Waals surface area contributed by atoms with Crippen LogP contribution in [0.1, 0.15) is 163 Å². The Morgan fingerprint density at radius 2 is 0.890 bits per heavy atom. The van der Waals surface area contributed by atoms with Crippen molar-refractivity contribution >= 4 is 118 Å². The number of nitrogens with two attached hydrogens (primary N) is 6. The Morgan fingerprint density at radius 3 is 1.36 bits per heavy atom. The zero-order chi connectivity index (χ0) is 95.3. The van der Waals surface area contributed by atoms with Crippen LogP contribution < -0.4 is 109 Å². The van der Waals surface area contributed by atoms with E-state index < -0.39 is 228 Å². The average Bonchev–Trinajstić information content (AvgIpc) is 1.27. The van der Waals surface area contributed by atoms with Crippen LogP contribution in [0.5, 0.6) is 0 Å². The maximum atomic E-state index is 15.2. The fourth-order valence-electron chi connectivity index (χ4n) is 13.0. The Bertz CT molecular complexity index is 4110. The maximum absolute atomic E-state index is 15.2. The number of carboxylic acids is 1. The number of likely N-dealkylation sites (N-methyl/N-ethyl adjacent to an activating group) is 1. The number of aromatic nitrogens is 2. The number of imidazole rings is 1. The minimum atomic E-state index is -1.88. The number of carboxylic acid groups (broad SMARTS) is 1. The summed E-state index contributed by atoms with van der Waals surface area (Å²) >= 11 is 1.30. The average molecular weight is 1800 g/mol. The zero-order valence-electron chi connectivity index (χ0n) is 74.1. The van der Waals surface area contributed by atoms with Crippen LogP contribution in [0.2, 0.25) is 0 Å². The van der Waals surface area contributed by atoms with Crippen molar-refractivity contribution in [3.63, 3.8) is 0 Å². The Morgan fingerprint density at radius 1 is 0.472 bits per heavy atom. The third-order valence-electron chi connectivity index (χ3n) is 20.9. The first-order valence-electron chi connectivity index (χ1n) is 42.5. The topological polar surface area (TPSA) is 711 Å². The molecule has 0 aliphatic heterocycles. The predicted molar refractivity (Wildman–Crippen MR) is 472 cm³/mol. The third kappa shape index (κ3) is 39.3.